The fraction of sp³-hybridized carbons (Fsp3) is 0.652. The maximum Gasteiger partial charge on any atom is 0.265 e. The number of hydrogen-bond donors (Lipinski definition) is 1. The lowest BCUT2D eigenvalue weighted by molar-refractivity contribution is -0.122. The van der Waals surface area contributed by atoms with Crippen LogP contribution in [0.1, 0.15) is 45.1 Å². The Morgan fingerprint density at radius 1 is 1.17 bits per heavy atom. The summed E-state index contributed by atoms with van der Waals surface area (Å²) < 4.78 is 5.50. The molecule has 1 N–H and O–H groups in total. The lowest BCUT2D eigenvalue weighted by atomic mass is 9.92. The molecule has 29 heavy (non-hydrogen) atoms. The summed E-state index contributed by atoms with van der Waals surface area (Å²) in [5, 5.41) is 3.03. The molecule has 0 bridgehead atoms. The molecular formula is C23H35N3O3. The first-order chi connectivity index (χ1) is 13.9. The molecule has 1 aromatic carbocycles. The molecule has 6 heteroatoms. The highest BCUT2D eigenvalue weighted by molar-refractivity contribution is 5.97. The summed E-state index contributed by atoms with van der Waals surface area (Å²) >= 11 is 0. The van der Waals surface area contributed by atoms with E-state index in [2.05, 4.69) is 24.1 Å². The molecule has 0 unspecified atom stereocenters. The fourth-order valence-corrected chi connectivity index (χ4v) is 4.55. The van der Waals surface area contributed by atoms with Gasteiger partial charge in [0.15, 0.2) is 6.61 Å². The van der Waals surface area contributed by atoms with Crippen molar-refractivity contribution in [1.29, 1.82) is 0 Å². The topological polar surface area (TPSA) is 61.9 Å². The van der Waals surface area contributed by atoms with Gasteiger partial charge in [0, 0.05) is 32.6 Å². The first-order valence-electron chi connectivity index (χ1n) is 10.9. The highest BCUT2D eigenvalue weighted by Crippen LogP contribution is 2.33. The minimum absolute atomic E-state index is 0.0477. The monoisotopic (exact) mass is 401 g/mol. The molecule has 1 aromatic rings. The van der Waals surface area contributed by atoms with E-state index in [1.807, 2.05) is 25.1 Å². The summed E-state index contributed by atoms with van der Waals surface area (Å²) in [7, 11) is 0. The number of carbonyl (C=O) groups is 2. The van der Waals surface area contributed by atoms with Crippen LogP contribution in [-0.4, -0.2) is 56.0 Å². The van der Waals surface area contributed by atoms with Gasteiger partial charge in [-0.25, -0.2) is 0 Å². The van der Waals surface area contributed by atoms with Crippen molar-refractivity contribution in [2.45, 2.75) is 46.5 Å². The van der Waals surface area contributed by atoms with E-state index in [9.17, 15) is 9.59 Å². The number of ether oxygens (including phenoxy) is 1. The molecule has 160 valence electrons. The number of carbonyl (C=O) groups excluding carboxylic acids is 2. The van der Waals surface area contributed by atoms with Crippen molar-refractivity contribution >= 4 is 17.5 Å². The van der Waals surface area contributed by atoms with Crippen molar-refractivity contribution in [2.75, 3.05) is 44.2 Å². The highest BCUT2D eigenvalue weighted by Gasteiger charge is 2.25. The number of rotatable bonds is 8. The Morgan fingerprint density at radius 3 is 2.69 bits per heavy atom. The van der Waals surface area contributed by atoms with E-state index in [1.165, 1.54) is 19.5 Å². The molecule has 2 atom stereocenters. The van der Waals surface area contributed by atoms with Gasteiger partial charge in [-0.1, -0.05) is 19.9 Å². The molecule has 0 saturated carbocycles. The first-order valence-corrected chi connectivity index (χ1v) is 10.9. The Labute approximate surface area is 174 Å². The third-order valence-electron chi connectivity index (χ3n) is 5.76. The van der Waals surface area contributed by atoms with E-state index in [0.717, 1.165) is 48.3 Å². The summed E-state index contributed by atoms with van der Waals surface area (Å²) in [5.74, 6) is 2.29. The largest absolute Gasteiger partial charge is 0.482 e. The second-order valence-corrected chi connectivity index (χ2v) is 8.82. The van der Waals surface area contributed by atoms with Gasteiger partial charge in [-0.05, 0) is 62.3 Å². The Hall–Kier alpha value is -2.08. The van der Waals surface area contributed by atoms with Crippen molar-refractivity contribution in [3.05, 3.63) is 23.8 Å². The van der Waals surface area contributed by atoms with Gasteiger partial charge in [-0.3, -0.25) is 9.59 Å². The lowest BCUT2D eigenvalue weighted by Crippen LogP contribution is -2.40. The molecule has 2 heterocycles. The number of nitrogens with one attached hydrogen (secondary N) is 1. The number of hydrogen-bond acceptors (Lipinski definition) is 4. The average Bonchev–Trinajstić information content (AvgIpc) is 2.66. The maximum absolute atomic E-state index is 12.2. The Kier molecular flexibility index (Phi) is 7.53. The van der Waals surface area contributed by atoms with Gasteiger partial charge in [-0.2, -0.15) is 0 Å². The van der Waals surface area contributed by atoms with Crippen LogP contribution in [0.5, 0.6) is 5.75 Å². The second-order valence-electron chi connectivity index (χ2n) is 8.82. The normalized spacial score (nSPS) is 22.2. The molecule has 2 aliphatic heterocycles. The highest BCUT2D eigenvalue weighted by atomic mass is 16.5. The molecule has 0 spiro atoms. The fourth-order valence-electron chi connectivity index (χ4n) is 4.55. The quantitative estimate of drug-likeness (QED) is 0.681. The van der Waals surface area contributed by atoms with Crippen LogP contribution in [0.2, 0.25) is 0 Å². The van der Waals surface area contributed by atoms with Gasteiger partial charge in [-0.15, -0.1) is 0 Å². The van der Waals surface area contributed by atoms with Crippen LogP contribution in [0.25, 0.3) is 0 Å². The van der Waals surface area contributed by atoms with Crippen LogP contribution in [-0.2, 0) is 9.59 Å². The second kappa shape index (κ2) is 10.1. The van der Waals surface area contributed by atoms with E-state index < -0.39 is 0 Å². The molecule has 1 saturated heterocycles. The molecule has 2 aliphatic rings. The summed E-state index contributed by atoms with van der Waals surface area (Å²) in [5.41, 5.74) is 1.90. The number of fused-ring (bicyclic) bond motifs is 1. The molecule has 0 radical (unpaired) electrons. The van der Waals surface area contributed by atoms with Crippen LogP contribution >= 0.6 is 0 Å². The van der Waals surface area contributed by atoms with E-state index in [-0.39, 0.29) is 18.4 Å². The summed E-state index contributed by atoms with van der Waals surface area (Å²) in [6, 6.07) is 5.85. The molecule has 0 aliphatic carbocycles. The van der Waals surface area contributed by atoms with Crippen LogP contribution < -0.4 is 15.0 Å². The third-order valence-corrected chi connectivity index (χ3v) is 5.76. The van der Waals surface area contributed by atoms with Gasteiger partial charge in [0.2, 0.25) is 5.91 Å². The molecule has 0 aromatic heterocycles. The number of aryl methyl sites for hydroxylation is 1. The van der Waals surface area contributed by atoms with Crippen LogP contribution in [0.4, 0.5) is 5.69 Å². The van der Waals surface area contributed by atoms with Crippen LogP contribution in [0, 0.1) is 18.8 Å². The molecule has 3 rings (SSSR count). The maximum atomic E-state index is 12.2. The summed E-state index contributed by atoms with van der Waals surface area (Å²) in [6.45, 7) is 11.4. The number of nitrogens with zero attached hydrogens (tertiary/aromatic N) is 2. The van der Waals surface area contributed by atoms with Crippen molar-refractivity contribution in [3.63, 3.8) is 0 Å². The molecule has 2 amide bonds. The smallest absolute Gasteiger partial charge is 0.265 e. The molecule has 6 nitrogen and oxygen atoms in total. The lowest BCUT2D eigenvalue weighted by Gasteiger charge is -2.34. The summed E-state index contributed by atoms with van der Waals surface area (Å²) in [6.07, 6.45) is 3.39. The van der Waals surface area contributed by atoms with Crippen molar-refractivity contribution in [1.82, 2.24) is 10.2 Å². The third kappa shape index (κ3) is 6.20. The first kappa shape index (κ1) is 21.6. The number of amides is 2. The zero-order valence-electron chi connectivity index (χ0n) is 18.1. The Morgan fingerprint density at radius 2 is 1.93 bits per heavy atom. The standard InChI is InChI=1S/C23H35N3O3/c1-17-7-8-21-20(13-17)26(23(28)16-29-21)11-4-6-22(27)24-9-5-10-25-14-18(2)12-19(3)15-25/h7-8,13,18-19H,4-6,9-12,14-16H2,1-3H3,(H,24,27)/t18-,19-/m0/s1. The number of benzene rings is 1. The zero-order chi connectivity index (χ0) is 20.8. The molecule has 1 fully saturated rings. The van der Waals surface area contributed by atoms with E-state index >= 15 is 0 Å². The van der Waals surface area contributed by atoms with E-state index in [1.54, 1.807) is 4.90 Å². The number of likely N-dealkylation sites (tertiary alicyclic amines) is 1. The van der Waals surface area contributed by atoms with Crippen LogP contribution in [0.15, 0.2) is 18.2 Å². The van der Waals surface area contributed by atoms with Gasteiger partial charge in [0.1, 0.15) is 5.75 Å². The predicted molar refractivity (Wildman–Crippen MR) is 115 cm³/mol. The van der Waals surface area contributed by atoms with Crippen molar-refractivity contribution < 1.29 is 14.3 Å². The number of piperidine rings is 1. The van der Waals surface area contributed by atoms with E-state index in [4.69, 9.17) is 4.74 Å². The van der Waals surface area contributed by atoms with E-state index in [0.29, 0.717) is 19.4 Å². The van der Waals surface area contributed by atoms with Crippen molar-refractivity contribution in [2.24, 2.45) is 11.8 Å². The minimum Gasteiger partial charge on any atom is -0.482 e. The van der Waals surface area contributed by atoms with Gasteiger partial charge < -0.3 is 19.9 Å². The van der Waals surface area contributed by atoms with Gasteiger partial charge in [0.05, 0.1) is 5.69 Å². The van der Waals surface area contributed by atoms with Gasteiger partial charge >= 0.3 is 0 Å². The Bertz CT molecular complexity index is 711. The van der Waals surface area contributed by atoms with Gasteiger partial charge in [0.25, 0.3) is 5.91 Å². The predicted octanol–water partition coefficient (Wildman–Crippen LogP) is 2.98. The number of anilines is 1. The molecular weight excluding hydrogens is 366 g/mol. The average molecular weight is 402 g/mol. The zero-order valence-corrected chi connectivity index (χ0v) is 18.1. The Balaban J connectivity index is 1.35. The minimum atomic E-state index is -0.0477. The van der Waals surface area contributed by atoms with Crippen LogP contribution in [0.3, 0.4) is 0 Å². The SMILES string of the molecule is Cc1ccc2c(c1)N(CCCC(=O)NCCCN1C[C@@H](C)C[C@H](C)C1)C(=O)CO2. The summed E-state index contributed by atoms with van der Waals surface area (Å²) in [4.78, 5) is 28.7. The van der Waals surface area contributed by atoms with Crippen molar-refractivity contribution in [3.8, 4) is 5.75 Å².